The first kappa shape index (κ1) is 14.4. The molecule has 0 N–H and O–H groups in total. The molecule has 0 aliphatic rings. The van der Waals surface area contributed by atoms with Crippen molar-refractivity contribution in [3.63, 3.8) is 0 Å². The summed E-state index contributed by atoms with van der Waals surface area (Å²) in [6.45, 7) is 1.62. The summed E-state index contributed by atoms with van der Waals surface area (Å²) in [5.74, 6) is 0.919. The minimum atomic E-state index is 0.612. The van der Waals surface area contributed by atoms with Crippen LogP contribution in [-0.4, -0.2) is 9.55 Å². The first-order valence-electron chi connectivity index (χ1n) is 7.61. The molecule has 0 radical (unpaired) electrons. The molecular weight excluding hydrogens is 272 g/mol. The molecule has 112 valence electrons. The van der Waals surface area contributed by atoms with E-state index in [-0.39, 0.29) is 0 Å². The Labute approximate surface area is 131 Å². The van der Waals surface area contributed by atoms with Gasteiger partial charge in [0.2, 0.25) is 0 Å². The van der Waals surface area contributed by atoms with E-state index < -0.39 is 0 Å². The molecule has 3 nitrogen and oxygen atoms in total. The average Bonchev–Trinajstić information content (AvgIpc) is 3.08. The molecule has 3 rings (SSSR count). The van der Waals surface area contributed by atoms with Crippen LogP contribution >= 0.6 is 0 Å². The van der Waals surface area contributed by atoms with E-state index >= 15 is 0 Å². The maximum atomic E-state index is 5.80. The fourth-order valence-electron chi connectivity index (χ4n) is 2.38. The molecular formula is C19H20N2O. The van der Waals surface area contributed by atoms with Crippen LogP contribution < -0.4 is 4.74 Å². The number of hydrogen-bond donors (Lipinski definition) is 0. The number of benzene rings is 2. The van der Waals surface area contributed by atoms with E-state index in [1.54, 1.807) is 0 Å². The van der Waals surface area contributed by atoms with E-state index in [1.807, 2.05) is 36.9 Å². The second-order valence-electron chi connectivity index (χ2n) is 5.32. The number of imidazole rings is 1. The van der Waals surface area contributed by atoms with Gasteiger partial charge in [-0.25, -0.2) is 4.98 Å². The van der Waals surface area contributed by atoms with Gasteiger partial charge in [0.15, 0.2) is 0 Å². The van der Waals surface area contributed by atoms with Gasteiger partial charge in [-0.3, -0.25) is 0 Å². The van der Waals surface area contributed by atoms with Gasteiger partial charge in [0, 0.05) is 18.9 Å². The molecule has 0 saturated carbocycles. The van der Waals surface area contributed by atoms with Crippen LogP contribution in [0.15, 0.2) is 73.3 Å². The molecule has 0 atom stereocenters. The van der Waals surface area contributed by atoms with Gasteiger partial charge >= 0.3 is 0 Å². The summed E-state index contributed by atoms with van der Waals surface area (Å²) in [7, 11) is 0. The second-order valence-corrected chi connectivity index (χ2v) is 5.32. The maximum absolute atomic E-state index is 5.80. The molecule has 3 heteroatoms. The van der Waals surface area contributed by atoms with E-state index in [9.17, 15) is 0 Å². The molecule has 0 unspecified atom stereocenters. The third kappa shape index (κ3) is 4.22. The van der Waals surface area contributed by atoms with Crippen LogP contribution in [0.2, 0.25) is 0 Å². The summed E-state index contributed by atoms with van der Waals surface area (Å²) < 4.78 is 7.91. The van der Waals surface area contributed by atoms with Crippen molar-refractivity contribution in [2.24, 2.45) is 0 Å². The average molecular weight is 292 g/mol. The Bertz CT molecular complexity index is 660. The van der Waals surface area contributed by atoms with Crippen molar-refractivity contribution in [1.29, 1.82) is 0 Å². The van der Waals surface area contributed by atoms with Gasteiger partial charge in [-0.05, 0) is 36.1 Å². The molecule has 2 aromatic carbocycles. The number of aromatic nitrogens is 2. The predicted molar refractivity (Wildman–Crippen MR) is 87.8 cm³/mol. The Morgan fingerprint density at radius 3 is 2.45 bits per heavy atom. The first-order valence-corrected chi connectivity index (χ1v) is 7.61. The van der Waals surface area contributed by atoms with Gasteiger partial charge in [-0.2, -0.15) is 0 Å². The molecule has 0 aliphatic heterocycles. The number of hydrogen-bond acceptors (Lipinski definition) is 2. The van der Waals surface area contributed by atoms with E-state index in [2.05, 4.69) is 45.9 Å². The summed E-state index contributed by atoms with van der Waals surface area (Å²) in [6, 6.07) is 18.6. The highest BCUT2D eigenvalue weighted by atomic mass is 16.5. The largest absolute Gasteiger partial charge is 0.489 e. The molecule has 0 bridgehead atoms. The zero-order valence-corrected chi connectivity index (χ0v) is 12.6. The normalized spacial score (nSPS) is 10.5. The highest BCUT2D eigenvalue weighted by Gasteiger charge is 1.98. The smallest absolute Gasteiger partial charge is 0.119 e. The van der Waals surface area contributed by atoms with Crippen molar-refractivity contribution in [2.45, 2.75) is 26.0 Å². The van der Waals surface area contributed by atoms with Crippen LogP contribution in [0.5, 0.6) is 5.75 Å². The van der Waals surface area contributed by atoms with Gasteiger partial charge in [0.05, 0.1) is 6.33 Å². The first-order chi connectivity index (χ1) is 10.9. The predicted octanol–water partition coefficient (Wildman–Crippen LogP) is 4.09. The Kier molecular flexibility index (Phi) is 4.88. The Balaban J connectivity index is 1.45. The molecule has 0 fully saturated rings. The Morgan fingerprint density at radius 2 is 1.73 bits per heavy atom. The standard InChI is InChI=1S/C19H20N2O/c1-2-5-18(6-3-1)15-22-19-10-8-17(9-11-19)7-4-13-21-14-12-20-16-21/h1-3,5-6,8-12,14,16H,4,7,13,15H2. The van der Waals surface area contributed by atoms with E-state index in [1.165, 1.54) is 11.1 Å². The zero-order valence-electron chi connectivity index (χ0n) is 12.6. The molecule has 3 aromatic rings. The SMILES string of the molecule is c1ccc(COc2ccc(CCCn3ccnc3)cc2)cc1. The van der Waals surface area contributed by atoms with E-state index in [0.717, 1.165) is 25.1 Å². The van der Waals surface area contributed by atoms with Crippen LogP contribution in [0.25, 0.3) is 0 Å². The van der Waals surface area contributed by atoms with E-state index in [0.29, 0.717) is 6.61 Å². The van der Waals surface area contributed by atoms with E-state index in [4.69, 9.17) is 4.74 Å². The lowest BCUT2D eigenvalue weighted by Crippen LogP contribution is -1.97. The van der Waals surface area contributed by atoms with Crippen LogP contribution in [-0.2, 0) is 19.6 Å². The summed E-state index contributed by atoms with van der Waals surface area (Å²) in [5.41, 5.74) is 2.53. The number of rotatable bonds is 7. The lowest BCUT2D eigenvalue weighted by atomic mass is 10.1. The summed E-state index contributed by atoms with van der Waals surface area (Å²) in [5, 5.41) is 0. The lowest BCUT2D eigenvalue weighted by molar-refractivity contribution is 0.306. The molecule has 1 aromatic heterocycles. The number of ether oxygens (including phenoxy) is 1. The van der Waals surface area contributed by atoms with Gasteiger partial charge < -0.3 is 9.30 Å². The number of nitrogens with zero attached hydrogens (tertiary/aromatic N) is 2. The van der Waals surface area contributed by atoms with Gasteiger partial charge in [0.25, 0.3) is 0 Å². The highest BCUT2D eigenvalue weighted by Crippen LogP contribution is 2.15. The molecule has 0 saturated heterocycles. The van der Waals surface area contributed by atoms with Crippen molar-refractivity contribution < 1.29 is 4.74 Å². The maximum Gasteiger partial charge on any atom is 0.119 e. The monoisotopic (exact) mass is 292 g/mol. The quantitative estimate of drug-likeness (QED) is 0.655. The minimum absolute atomic E-state index is 0.612. The topological polar surface area (TPSA) is 27.1 Å². The van der Waals surface area contributed by atoms with Crippen molar-refractivity contribution in [3.05, 3.63) is 84.4 Å². The third-order valence-corrected chi connectivity index (χ3v) is 3.61. The minimum Gasteiger partial charge on any atom is -0.489 e. The molecule has 22 heavy (non-hydrogen) atoms. The van der Waals surface area contributed by atoms with Crippen LogP contribution in [0.1, 0.15) is 17.5 Å². The molecule has 0 aliphatic carbocycles. The molecule has 1 heterocycles. The van der Waals surface area contributed by atoms with Crippen LogP contribution in [0, 0.1) is 0 Å². The fraction of sp³-hybridized carbons (Fsp3) is 0.211. The fourth-order valence-corrected chi connectivity index (χ4v) is 2.38. The Hall–Kier alpha value is -2.55. The van der Waals surface area contributed by atoms with Gasteiger partial charge in [-0.1, -0.05) is 42.5 Å². The van der Waals surface area contributed by atoms with Crippen molar-refractivity contribution >= 4 is 0 Å². The van der Waals surface area contributed by atoms with Crippen LogP contribution in [0.3, 0.4) is 0 Å². The summed E-state index contributed by atoms with van der Waals surface area (Å²) in [4.78, 5) is 4.05. The highest BCUT2D eigenvalue weighted by molar-refractivity contribution is 5.27. The van der Waals surface area contributed by atoms with Crippen LogP contribution in [0.4, 0.5) is 0 Å². The third-order valence-electron chi connectivity index (χ3n) is 3.61. The molecule has 0 amide bonds. The zero-order chi connectivity index (χ0) is 15.0. The van der Waals surface area contributed by atoms with Crippen molar-refractivity contribution in [1.82, 2.24) is 9.55 Å². The summed E-state index contributed by atoms with van der Waals surface area (Å²) >= 11 is 0. The summed E-state index contributed by atoms with van der Waals surface area (Å²) in [6.07, 6.45) is 7.86. The second kappa shape index (κ2) is 7.46. The van der Waals surface area contributed by atoms with Crippen molar-refractivity contribution in [2.75, 3.05) is 0 Å². The Morgan fingerprint density at radius 1 is 0.909 bits per heavy atom. The van der Waals surface area contributed by atoms with Gasteiger partial charge in [0.1, 0.15) is 12.4 Å². The molecule has 0 spiro atoms. The van der Waals surface area contributed by atoms with Crippen molar-refractivity contribution in [3.8, 4) is 5.75 Å². The lowest BCUT2D eigenvalue weighted by Gasteiger charge is -2.07. The number of aryl methyl sites for hydroxylation is 2. The van der Waals surface area contributed by atoms with Gasteiger partial charge in [-0.15, -0.1) is 0 Å².